The molecule has 0 bridgehead atoms. The minimum Gasteiger partial charge on any atom is -0.469 e. The summed E-state index contributed by atoms with van der Waals surface area (Å²) in [5.74, 6) is -0.637. The summed E-state index contributed by atoms with van der Waals surface area (Å²) in [7, 11) is 1.24. The third kappa shape index (κ3) is 3.61. The molecule has 0 aliphatic heterocycles. The van der Waals surface area contributed by atoms with Crippen LogP contribution in [0.25, 0.3) is 0 Å². The molecule has 0 aliphatic rings. The second-order valence-electron chi connectivity index (χ2n) is 3.14. The van der Waals surface area contributed by atoms with Crippen molar-refractivity contribution in [3.05, 3.63) is 27.5 Å². The van der Waals surface area contributed by atoms with E-state index in [2.05, 4.69) is 25.7 Å². The topological polar surface area (TPSA) is 39.2 Å². The van der Waals surface area contributed by atoms with Crippen molar-refractivity contribution in [1.29, 1.82) is 0 Å². The fraction of sp³-hybridized carbons (Fsp3) is 0.400. The lowest BCUT2D eigenvalue weighted by Crippen LogP contribution is -2.09. The Morgan fingerprint density at radius 1 is 1.65 bits per heavy atom. The van der Waals surface area contributed by atoms with E-state index in [1.807, 2.05) is 0 Å². The normalized spacial score (nSPS) is 10.7. The molecule has 7 heteroatoms. The van der Waals surface area contributed by atoms with Crippen molar-refractivity contribution in [1.82, 2.24) is 4.98 Å². The van der Waals surface area contributed by atoms with Crippen LogP contribution < -0.4 is 0 Å². The number of pyridine rings is 1. The van der Waals surface area contributed by atoms with Crippen LogP contribution in [-0.4, -0.2) is 18.1 Å². The summed E-state index contributed by atoms with van der Waals surface area (Å²) in [6.45, 7) is 0. The smallest absolute Gasteiger partial charge is 0.311 e. The molecule has 0 fully saturated rings. The number of carbonyl (C=O) groups is 1. The van der Waals surface area contributed by atoms with Gasteiger partial charge in [0.2, 0.25) is 0 Å². The van der Waals surface area contributed by atoms with Crippen molar-refractivity contribution in [3.63, 3.8) is 0 Å². The minimum atomic E-state index is -2.67. The predicted octanol–water partition coefficient (Wildman–Crippen LogP) is 3.24. The number of rotatable bonds is 4. The Kier molecular flexibility index (Phi) is 5.27. The van der Waals surface area contributed by atoms with Crippen molar-refractivity contribution >= 4 is 33.5 Å². The van der Waals surface area contributed by atoms with E-state index in [0.717, 1.165) is 0 Å². The van der Waals surface area contributed by atoms with Gasteiger partial charge in [-0.3, -0.25) is 9.78 Å². The lowest BCUT2D eigenvalue weighted by molar-refractivity contribution is -0.139. The first-order valence-electron chi connectivity index (χ1n) is 4.58. The van der Waals surface area contributed by atoms with Crippen LogP contribution in [0.3, 0.4) is 0 Å². The van der Waals surface area contributed by atoms with Crippen molar-refractivity contribution in [2.75, 3.05) is 7.11 Å². The number of halogens is 4. The van der Waals surface area contributed by atoms with Gasteiger partial charge >= 0.3 is 5.97 Å². The van der Waals surface area contributed by atoms with Gasteiger partial charge in [0, 0.05) is 4.47 Å². The summed E-state index contributed by atoms with van der Waals surface area (Å²) in [5.41, 5.74) is 0.160. The van der Waals surface area contributed by atoms with Crippen LogP contribution in [0.5, 0.6) is 0 Å². The molecule has 0 atom stereocenters. The number of nitrogens with zero attached hydrogens (tertiary/aromatic N) is 1. The largest absolute Gasteiger partial charge is 0.469 e. The van der Waals surface area contributed by atoms with Gasteiger partial charge in [0.15, 0.2) is 0 Å². The Labute approximate surface area is 110 Å². The van der Waals surface area contributed by atoms with E-state index in [-0.39, 0.29) is 28.0 Å². The van der Waals surface area contributed by atoms with Gasteiger partial charge in [-0.05, 0) is 6.07 Å². The molecule has 1 aromatic rings. The summed E-state index contributed by atoms with van der Waals surface area (Å²) in [5, 5.41) is 0. The molecule has 0 N–H and O–H groups in total. The van der Waals surface area contributed by atoms with E-state index in [4.69, 9.17) is 11.6 Å². The van der Waals surface area contributed by atoms with Gasteiger partial charge in [-0.1, -0.05) is 15.9 Å². The number of aromatic nitrogens is 1. The Balaban J connectivity index is 3.13. The van der Waals surface area contributed by atoms with Gasteiger partial charge in [-0.25, -0.2) is 8.78 Å². The third-order valence-corrected chi connectivity index (χ3v) is 2.95. The van der Waals surface area contributed by atoms with Crippen LogP contribution in [0, 0.1) is 0 Å². The van der Waals surface area contributed by atoms with Crippen molar-refractivity contribution < 1.29 is 18.3 Å². The van der Waals surface area contributed by atoms with Gasteiger partial charge in [0.05, 0.1) is 36.4 Å². The molecule has 0 aliphatic carbocycles. The van der Waals surface area contributed by atoms with E-state index in [1.165, 1.54) is 13.2 Å². The second kappa shape index (κ2) is 6.26. The Hall–Kier alpha value is -0.750. The van der Waals surface area contributed by atoms with Gasteiger partial charge < -0.3 is 4.74 Å². The summed E-state index contributed by atoms with van der Waals surface area (Å²) in [6.07, 6.45) is -2.75. The molecule has 0 unspecified atom stereocenters. The highest BCUT2D eigenvalue weighted by atomic mass is 79.9. The number of esters is 1. The highest BCUT2D eigenvalue weighted by Crippen LogP contribution is 2.31. The van der Waals surface area contributed by atoms with Crippen LogP contribution in [0.2, 0.25) is 0 Å². The van der Waals surface area contributed by atoms with E-state index < -0.39 is 12.4 Å². The van der Waals surface area contributed by atoms with Gasteiger partial charge in [0.1, 0.15) is 0 Å². The molecule has 0 spiro atoms. The zero-order chi connectivity index (χ0) is 13.0. The number of ether oxygens (including phenoxy) is 1. The zero-order valence-corrected chi connectivity index (χ0v) is 11.2. The highest BCUT2D eigenvalue weighted by Gasteiger charge is 2.19. The number of hydrogen-bond acceptors (Lipinski definition) is 3. The maximum absolute atomic E-state index is 12.7. The van der Waals surface area contributed by atoms with Crippen molar-refractivity contribution in [2.45, 2.75) is 18.7 Å². The molecule has 1 heterocycles. The molecule has 0 saturated carbocycles. The average Bonchev–Trinajstić information content (AvgIpc) is 2.27. The molecule has 0 aromatic carbocycles. The van der Waals surface area contributed by atoms with Crippen LogP contribution in [0.15, 0.2) is 10.5 Å². The van der Waals surface area contributed by atoms with E-state index in [9.17, 15) is 13.6 Å². The first-order valence-corrected chi connectivity index (χ1v) is 5.91. The number of methoxy groups -OCH3 is 1. The molecule has 0 radical (unpaired) electrons. The fourth-order valence-corrected chi connectivity index (χ4v) is 2.14. The summed E-state index contributed by atoms with van der Waals surface area (Å²) in [6, 6.07) is 1.37. The first kappa shape index (κ1) is 14.3. The maximum atomic E-state index is 12.7. The maximum Gasteiger partial charge on any atom is 0.311 e. The quantitative estimate of drug-likeness (QED) is 0.629. The molecule has 0 amide bonds. The lowest BCUT2D eigenvalue weighted by atomic mass is 10.1. The van der Waals surface area contributed by atoms with Gasteiger partial charge in [-0.15, -0.1) is 11.6 Å². The van der Waals surface area contributed by atoms with E-state index in [1.54, 1.807) is 0 Å². The molecule has 1 rings (SSSR count). The van der Waals surface area contributed by atoms with Gasteiger partial charge in [0.25, 0.3) is 6.43 Å². The third-order valence-electron chi connectivity index (χ3n) is 2.04. The Bertz CT molecular complexity index is 429. The Morgan fingerprint density at radius 3 is 2.76 bits per heavy atom. The monoisotopic (exact) mass is 327 g/mol. The Morgan fingerprint density at radius 2 is 2.29 bits per heavy atom. The van der Waals surface area contributed by atoms with E-state index in [0.29, 0.717) is 5.69 Å². The molecule has 94 valence electrons. The minimum absolute atomic E-state index is 0.0648. The number of hydrogen-bond donors (Lipinski definition) is 0. The molecular weight excluding hydrogens is 319 g/mol. The number of carbonyl (C=O) groups excluding carboxylic acids is 1. The molecule has 17 heavy (non-hydrogen) atoms. The zero-order valence-electron chi connectivity index (χ0n) is 8.84. The SMILES string of the molecule is COC(=O)Cc1cc(Br)c(C(F)F)c(CCl)n1. The van der Waals surface area contributed by atoms with Crippen LogP contribution in [-0.2, 0) is 21.8 Å². The van der Waals surface area contributed by atoms with Crippen LogP contribution in [0.1, 0.15) is 23.4 Å². The van der Waals surface area contributed by atoms with Crippen LogP contribution >= 0.6 is 27.5 Å². The average molecular weight is 329 g/mol. The van der Waals surface area contributed by atoms with E-state index >= 15 is 0 Å². The predicted molar refractivity (Wildman–Crippen MR) is 62.2 cm³/mol. The fourth-order valence-electron chi connectivity index (χ4n) is 1.27. The summed E-state index contributed by atoms with van der Waals surface area (Å²) < 4.78 is 30.1. The van der Waals surface area contributed by atoms with Gasteiger partial charge in [-0.2, -0.15) is 0 Å². The number of alkyl halides is 3. The molecule has 1 aromatic heterocycles. The molecule has 3 nitrogen and oxygen atoms in total. The summed E-state index contributed by atoms with van der Waals surface area (Å²) in [4.78, 5) is 15.0. The molecule has 0 saturated heterocycles. The summed E-state index contributed by atoms with van der Waals surface area (Å²) >= 11 is 8.58. The molecular formula is C10H9BrClF2NO2. The van der Waals surface area contributed by atoms with Crippen molar-refractivity contribution in [3.8, 4) is 0 Å². The standard InChI is InChI=1S/C10H9BrClF2NO2/c1-17-8(16)3-5-2-6(11)9(10(13)14)7(4-12)15-5/h2,10H,3-4H2,1H3. The van der Waals surface area contributed by atoms with Crippen molar-refractivity contribution in [2.24, 2.45) is 0 Å². The second-order valence-corrected chi connectivity index (χ2v) is 4.26. The first-order chi connectivity index (χ1) is 7.99. The van der Waals surface area contributed by atoms with Crippen LogP contribution in [0.4, 0.5) is 8.78 Å². The highest BCUT2D eigenvalue weighted by molar-refractivity contribution is 9.10. The lowest BCUT2D eigenvalue weighted by Gasteiger charge is -2.10.